The van der Waals surface area contributed by atoms with Crippen LogP contribution in [-0.4, -0.2) is 15.0 Å². The van der Waals surface area contributed by atoms with E-state index in [2.05, 4.69) is 103 Å². The Labute approximate surface area is 282 Å². The summed E-state index contributed by atoms with van der Waals surface area (Å²) in [6.45, 7) is 0. The smallest absolute Gasteiger partial charge is 0.164 e. The molecule has 0 unspecified atom stereocenters. The molecule has 10 rings (SSSR count). The van der Waals surface area contributed by atoms with E-state index in [0.29, 0.717) is 17.5 Å². The largest absolute Gasteiger partial charge is 0.456 e. The van der Waals surface area contributed by atoms with Crippen LogP contribution in [0.3, 0.4) is 0 Å². The van der Waals surface area contributed by atoms with E-state index in [4.69, 9.17) is 19.4 Å². The van der Waals surface area contributed by atoms with Gasteiger partial charge in [-0.3, -0.25) is 0 Å². The minimum absolute atomic E-state index is 0.606. The molecule has 2 heterocycles. The molecule has 0 fully saturated rings. The van der Waals surface area contributed by atoms with Gasteiger partial charge in [0.2, 0.25) is 0 Å². The number of hydrogen-bond acceptors (Lipinski definition) is 4. The normalized spacial score (nSPS) is 11.7. The van der Waals surface area contributed by atoms with E-state index in [9.17, 15) is 0 Å². The van der Waals surface area contributed by atoms with Crippen LogP contribution in [0, 0.1) is 0 Å². The second kappa shape index (κ2) is 11.0. The molecule has 4 nitrogen and oxygen atoms in total. The Morgan fingerprint density at radius 3 is 1.82 bits per heavy atom. The first-order valence-electron chi connectivity index (χ1n) is 16.4. The van der Waals surface area contributed by atoms with Crippen LogP contribution in [0.5, 0.6) is 0 Å². The summed E-state index contributed by atoms with van der Waals surface area (Å²) in [5.74, 6) is 1.85. The molecular formula is C45H27N3O. The topological polar surface area (TPSA) is 51.8 Å². The zero-order valence-corrected chi connectivity index (χ0v) is 26.3. The molecule has 0 saturated carbocycles. The van der Waals surface area contributed by atoms with Crippen molar-refractivity contribution in [1.29, 1.82) is 0 Å². The highest BCUT2D eigenvalue weighted by Crippen LogP contribution is 2.40. The van der Waals surface area contributed by atoms with Crippen LogP contribution < -0.4 is 0 Å². The fourth-order valence-corrected chi connectivity index (χ4v) is 7.23. The van der Waals surface area contributed by atoms with Crippen molar-refractivity contribution < 1.29 is 4.42 Å². The minimum Gasteiger partial charge on any atom is -0.456 e. The molecule has 0 radical (unpaired) electrons. The van der Waals surface area contributed by atoms with Crippen molar-refractivity contribution in [3.63, 3.8) is 0 Å². The third-order valence-electron chi connectivity index (χ3n) is 9.51. The van der Waals surface area contributed by atoms with Gasteiger partial charge in [0, 0.05) is 27.5 Å². The molecule has 228 valence electrons. The number of rotatable bonds is 4. The SMILES string of the molecule is c1ccc(-c2nc(-c3cccc(-c4cc5c6ccccc6ccc5c5ccccc45)c3)nc(-c3cccc4oc5ccccc5c34)n2)cc1. The van der Waals surface area contributed by atoms with E-state index in [1.165, 1.54) is 37.9 Å². The summed E-state index contributed by atoms with van der Waals surface area (Å²) in [5.41, 5.74) is 6.69. The molecule has 49 heavy (non-hydrogen) atoms. The molecule has 0 aliphatic rings. The second-order valence-electron chi connectivity index (χ2n) is 12.4. The van der Waals surface area contributed by atoms with Crippen LogP contribution in [0.15, 0.2) is 168 Å². The Balaban J connectivity index is 1.20. The number of para-hydroxylation sites is 1. The molecule has 0 bridgehead atoms. The summed E-state index contributed by atoms with van der Waals surface area (Å²) in [7, 11) is 0. The van der Waals surface area contributed by atoms with E-state index in [1.54, 1.807) is 0 Å². The van der Waals surface area contributed by atoms with Crippen molar-refractivity contribution in [1.82, 2.24) is 15.0 Å². The van der Waals surface area contributed by atoms with E-state index in [-0.39, 0.29) is 0 Å². The van der Waals surface area contributed by atoms with Gasteiger partial charge in [0.05, 0.1) is 0 Å². The van der Waals surface area contributed by atoms with Crippen molar-refractivity contribution in [3.8, 4) is 45.3 Å². The molecule has 0 aliphatic carbocycles. The zero-order valence-electron chi connectivity index (χ0n) is 26.3. The summed E-state index contributed by atoms with van der Waals surface area (Å²) in [6.07, 6.45) is 0. The van der Waals surface area contributed by atoms with E-state index in [1.807, 2.05) is 60.7 Å². The number of aromatic nitrogens is 3. The second-order valence-corrected chi connectivity index (χ2v) is 12.4. The monoisotopic (exact) mass is 625 g/mol. The van der Waals surface area contributed by atoms with Crippen LogP contribution in [0.4, 0.5) is 0 Å². The van der Waals surface area contributed by atoms with Gasteiger partial charge in [-0.05, 0) is 67.7 Å². The zero-order chi connectivity index (χ0) is 32.3. The average molecular weight is 626 g/mol. The van der Waals surface area contributed by atoms with Crippen LogP contribution in [0.1, 0.15) is 0 Å². The molecule has 0 spiro atoms. The Morgan fingerprint density at radius 1 is 0.327 bits per heavy atom. The number of nitrogens with zero attached hydrogens (tertiary/aromatic N) is 3. The van der Waals surface area contributed by atoms with Gasteiger partial charge in [-0.15, -0.1) is 0 Å². The lowest BCUT2D eigenvalue weighted by atomic mass is 9.90. The molecule has 2 aromatic heterocycles. The average Bonchev–Trinajstić information content (AvgIpc) is 3.57. The van der Waals surface area contributed by atoms with Gasteiger partial charge in [-0.2, -0.15) is 0 Å². The highest BCUT2D eigenvalue weighted by atomic mass is 16.3. The van der Waals surface area contributed by atoms with Gasteiger partial charge in [-0.25, -0.2) is 15.0 Å². The Bertz CT molecular complexity index is 2890. The molecule has 0 atom stereocenters. The van der Waals surface area contributed by atoms with Gasteiger partial charge >= 0.3 is 0 Å². The Hall–Kier alpha value is -6.65. The lowest BCUT2D eigenvalue weighted by Gasteiger charge is -2.14. The maximum Gasteiger partial charge on any atom is 0.164 e. The minimum atomic E-state index is 0.606. The predicted molar refractivity (Wildman–Crippen MR) is 201 cm³/mol. The maximum atomic E-state index is 6.23. The lowest BCUT2D eigenvalue weighted by Crippen LogP contribution is -2.00. The molecule has 8 aromatic carbocycles. The number of hydrogen-bond donors (Lipinski definition) is 0. The van der Waals surface area contributed by atoms with E-state index >= 15 is 0 Å². The van der Waals surface area contributed by atoms with Crippen LogP contribution in [0.25, 0.3) is 99.5 Å². The first-order chi connectivity index (χ1) is 24.3. The number of benzene rings is 8. The fourth-order valence-electron chi connectivity index (χ4n) is 7.23. The third-order valence-corrected chi connectivity index (χ3v) is 9.51. The van der Waals surface area contributed by atoms with Crippen LogP contribution in [-0.2, 0) is 0 Å². The predicted octanol–water partition coefficient (Wildman–Crippen LogP) is 11.9. The molecule has 10 aromatic rings. The van der Waals surface area contributed by atoms with Crippen molar-refractivity contribution in [2.45, 2.75) is 0 Å². The van der Waals surface area contributed by atoms with Crippen molar-refractivity contribution >= 4 is 54.3 Å². The summed E-state index contributed by atoms with van der Waals surface area (Å²) < 4.78 is 6.23. The highest BCUT2D eigenvalue weighted by Gasteiger charge is 2.18. The van der Waals surface area contributed by atoms with Crippen molar-refractivity contribution in [2.24, 2.45) is 0 Å². The van der Waals surface area contributed by atoms with Crippen LogP contribution in [0.2, 0.25) is 0 Å². The van der Waals surface area contributed by atoms with Crippen LogP contribution >= 0.6 is 0 Å². The lowest BCUT2D eigenvalue weighted by molar-refractivity contribution is 0.669. The molecule has 0 N–H and O–H groups in total. The standard InChI is InChI=1S/C45H27N3O/c1-2-13-29(14-3-1)43-46-44(48-45(47-43)37-21-11-23-41-42(37)36-20-8-9-22-40(36)49-41)31-16-10-15-30(26-31)38-27-39-32-17-5-4-12-28(32)24-25-35(39)33-18-6-7-19-34(33)38/h1-27H. The summed E-state index contributed by atoms with van der Waals surface area (Å²) >= 11 is 0. The summed E-state index contributed by atoms with van der Waals surface area (Å²) in [4.78, 5) is 15.3. The first-order valence-corrected chi connectivity index (χ1v) is 16.4. The van der Waals surface area contributed by atoms with Gasteiger partial charge in [0.25, 0.3) is 0 Å². The summed E-state index contributed by atoms with van der Waals surface area (Å²) in [5, 5.41) is 9.46. The molecular weight excluding hydrogens is 599 g/mol. The number of furan rings is 1. The van der Waals surface area contributed by atoms with Gasteiger partial charge in [0.15, 0.2) is 17.5 Å². The van der Waals surface area contributed by atoms with E-state index in [0.717, 1.165) is 44.2 Å². The molecule has 0 amide bonds. The Kier molecular flexibility index (Phi) is 6.15. The van der Waals surface area contributed by atoms with Gasteiger partial charge < -0.3 is 4.42 Å². The summed E-state index contributed by atoms with van der Waals surface area (Å²) in [6, 6.07) is 57.0. The Morgan fingerprint density at radius 2 is 0.939 bits per heavy atom. The van der Waals surface area contributed by atoms with Crippen molar-refractivity contribution in [3.05, 3.63) is 164 Å². The molecule has 4 heteroatoms. The van der Waals surface area contributed by atoms with Gasteiger partial charge in [0.1, 0.15) is 11.2 Å². The molecule has 0 saturated heterocycles. The highest BCUT2D eigenvalue weighted by molar-refractivity contribution is 6.21. The maximum absolute atomic E-state index is 6.23. The van der Waals surface area contributed by atoms with E-state index < -0.39 is 0 Å². The quantitative estimate of drug-likeness (QED) is 0.183. The molecule has 0 aliphatic heterocycles. The third kappa shape index (κ3) is 4.49. The van der Waals surface area contributed by atoms with Gasteiger partial charge in [-0.1, -0.05) is 140 Å². The first kappa shape index (κ1) is 27.5. The van der Waals surface area contributed by atoms with Crippen molar-refractivity contribution in [2.75, 3.05) is 0 Å². The number of fused-ring (bicyclic) bond motifs is 8. The fraction of sp³-hybridized carbons (Fsp3) is 0.